The number of esters is 1. The summed E-state index contributed by atoms with van der Waals surface area (Å²) in [5.41, 5.74) is 6.58. The second-order valence-electron chi connectivity index (χ2n) is 4.41. The molecule has 0 saturated carbocycles. The molecule has 4 nitrogen and oxygen atoms in total. The molecule has 18 heavy (non-hydrogen) atoms. The van der Waals surface area contributed by atoms with Crippen molar-refractivity contribution in [3.05, 3.63) is 23.8 Å². The van der Waals surface area contributed by atoms with Gasteiger partial charge < -0.3 is 15.2 Å². The van der Waals surface area contributed by atoms with Gasteiger partial charge in [0.05, 0.1) is 25.0 Å². The number of benzene rings is 1. The minimum absolute atomic E-state index is 0.341. The Morgan fingerprint density at radius 2 is 2.17 bits per heavy atom. The van der Waals surface area contributed by atoms with Gasteiger partial charge in [-0.25, -0.2) is 4.79 Å². The molecule has 0 saturated heterocycles. The Morgan fingerprint density at radius 3 is 2.78 bits per heavy atom. The van der Waals surface area contributed by atoms with Crippen molar-refractivity contribution in [2.24, 2.45) is 5.92 Å². The van der Waals surface area contributed by atoms with Crippen molar-refractivity contribution >= 4 is 11.7 Å². The summed E-state index contributed by atoms with van der Waals surface area (Å²) in [6.45, 7) is 4.87. The molecule has 0 radical (unpaired) electrons. The van der Waals surface area contributed by atoms with Crippen LogP contribution in [0.2, 0.25) is 0 Å². The third kappa shape index (κ3) is 3.65. The minimum Gasteiger partial charge on any atom is -0.491 e. The van der Waals surface area contributed by atoms with Gasteiger partial charge in [-0.1, -0.05) is 26.3 Å². The Bertz CT molecular complexity index is 404. The number of anilines is 1. The maximum absolute atomic E-state index is 11.5. The van der Waals surface area contributed by atoms with Crippen LogP contribution in [0.4, 0.5) is 5.69 Å². The van der Waals surface area contributed by atoms with Gasteiger partial charge in [0.1, 0.15) is 5.75 Å². The second-order valence-corrected chi connectivity index (χ2v) is 4.41. The van der Waals surface area contributed by atoms with Crippen molar-refractivity contribution < 1.29 is 14.3 Å². The Balaban J connectivity index is 2.75. The van der Waals surface area contributed by atoms with Crippen molar-refractivity contribution in [3.63, 3.8) is 0 Å². The fraction of sp³-hybridized carbons (Fsp3) is 0.500. The van der Waals surface area contributed by atoms with E-state index in [4.69, 9.17) is 10.5 Å². The predicted molar refractivity (Wildman–Crippen MR) is 71.8 cm³/mol. The molecule has 0 spiro atoms. The van der Waals surface area contributed by atoms with E-state index in [2.05, 4.69) is 18.6 Å². The van der Waals surface area contributed by atoms with Crippen LogP contribution in [0.25, 0.3) is 0 Å². The Labute approximate surface area is 108 Å². The van der Waals surface area contributed by atoms with Gasteiger partial charge >= 0.3 is 5.97 Å². The highest BCUT2D eigenvalue weighted by Crippen LogP contribution is 2.26. The number of hydrogen-bond acceptors (Lipinski definition) is 4. The first kappa shape index (κ1) is 14.4. The number of nitrogens with two attached hydrogens (primary N) is 1. The Kier molecular flexibility index (Phi) is 5.49. The second kappa shape index (κ2) is 6.89. The van der Waals surface area contributed by atoms with E-state index in [1.807, 2.05) is 0 Å². The van der Waals surface area contributed by atoms with E-state index >= 15 is 0 Å². The lowest BCUT2D eigenvalue weighted by Gasteiger charge is -2.14. The molecule has 0 aliphatic rings. The van der Waals surface area contributed by atoms with Crippen LogP contribution in [-0.2, 0) is 4.74 Å². The average Bonchev–Trinajstić information content (AvgIpc) is 2.37. The van der Waals surface area contributed by atoms with Crippen LogP contribution in [0, 0.1) is 5.92 Å². The number of carbonyl (C=O) groups excluding carboxylic acids is 1. The number of hydrogen-bond donors (Lipinski definition) is 1. The maximum atomic E-state index is 11.5. The van der Waals surface area contributed by atoms with Gasteiger partial charge in [0.15, 0.2) is 0 Å². The fourth-order valence-electron chi connectivity index (χ4n) is 1.77. The first-order valence-electron chi connectivity index (χ1n) is 6.19. The van der Waals surface area contributed by atoms with Crippen LogP contribution in [0.15, 0.2) is 18.2 Å². The smallest absolute Gasteiger partial charge is 0.340 e. The molecule has 100 valence electrons. The van der Waals surface area contributed by atoms with Crippen molar-refractivity contribution in [3.8, 4) is 5.75 Å². The van der Waals surface area contributed by atoms with E-state index in [0.717, 1.165) is 12.8 Å². The molecule has 0 amide bonds. The van der Waals surface area contributed by atoms with Gasteiger partial charge in [-0.2, -0.15) is 0 Å². The van der Waals surface area contributed by atoms with Gasteiger partial charge in [-0.3, -0.25) is 0 Å². The van der Waals surface area contributed by atoms with Crippen molar-refractivity contribution in [2.75, 3.05) is 19.5 Å². The van der Waals surface area contributed by atoms with Crippen molar-refractivity contribution in [2.45, 2.75) is 26.7 Å². The molecule has 4 heteroatoms. The predicted octanol–water partition coefficient (Wildman–Crippen LogP) is 2.87. The molecule has 1 rings (SSSR count). The third-order valence-electron chi connectivity index (χ3n) is 2.78. The molecule has 0 aromatic heterocycles. The number of para-hydroxylation sites is 1. The summed E-state index contributed by atoms with van der Waals surface area (Å²) in [7, 11) is 1.33. The summed E-state index contributed by atoms with van der Waals surface area (Å²) in [6, 6.07) is 5.13. The van der Waals surface area contributed by atoms with Crippen LogP contribution in [0.1, 0.15) is 37.0 Å². The third-order valence-corrected chi connectivity index (χ3v) is 2.78. The number of carbonyl (C=O) groups is 1. The number of methoxy groups -OCH3 is 1. The number of rotatable bonds is 6. The molecule has 0 bridgehead atoms. The van der Waals surface area contributed by atoms with Gasteiger partial charge in [-0.05, 0) is 24.5 Å². The van der Waals surface area contributed by atoms with Gasteiger partial charge in [0.25, 0.3) is 0 Å². The first-order valence-corrected chi connectivity index (χ1v) is 6.19. The van der Waals surface area contributed by atoms with Crippen molar-refractivity contribution in [1.82, 2.24) is 0 Å². The summed E-state index contributed by atoms with van der Waals surface area (Å²) >= 11 is 0. The highest BCUT2D eigenvalue weighted by atomic mass is 16.5. The monoisotopic (exact) mass is 251 g/mol. The van der Waals surface area contributed by atoms with E-state index in [1.54, 1.807) is 18.2 Å². The molecule has 0 aliphatic carbocycles. The van der Waals surface area contributed by atoms with Crippen LogP contribution < -0.4 is 10.5 Å². The zero-order valence-electron chi connectivity index (χ0n) is 11.2. The van der Waals surface area contributed by atoms with E-state index in [1.165, 1.54) is 7.11 Å². The Morgan fingerprint density at radius 1 is 1.44 bits per heavy atom. The summed E-state index contributed by atoms with van der Waals surface area (Å²) in [6.07, 6.45) is 2.23. The number of ether oxygens (including phenoxy) is 2. The quantitative estimate of drug-likeness (QED) is 0.623. The maximum Gasteiger partial charge on any atom is 0.340 e. The lowest BCUT2D eigenvalue weighted by atomic mass is 10.1. The van der Waals surface area contributed by atoms with E-state index in [9.17, 15) is 4.79 Å². The SMILES string of the molecule is CCCC(C)COc1cccc(C(=O)OC)c1N. The molecule has 1 aromatic rings. The molecule has 1 atom stereocenters. The van der Waals surface area contributed by atoms with E-state index in [-0.39, 0.29) is 0 Å². The van der Waals surface area contributed by atoms with Gasteiger partial charge in [0, 0.05) is 0 Å². The summed E-state index contributed by atoms with van der Waals surface area (Å²) in [4.78, 5) is 11.5. The van der Waals surface area contributed by atoms with E-state index in [0.29, 0.717) is 29.5 Å². The summed E-state index contributed by atoms with van der Waals surface area (Å²) < 4.78 is 10.3. The van der Waals surface area contributed by atoms with E-state index < -0.39 is 5.97 Å². The Hall–Kier alpha value is -1.71. The molecule has 0 fully saturated rings. The molecular formula is C14H21NO3. The zero-order chi connectivity index (χ0) is 13.5. The lowest BCUT2D eigenvalue weighted by molar-refractivity contribution is 0.0601. The average molecular weight is 251 g/mol. The standard InChI is InChI=1S/C14H21NO3/c1-4-6-10(2)9-18-12-8-5-7-11(13(12)15)14(16)17-3/h5,7-8,10H,4,6,9,15H2,1-3H3. The molecule has 2 N–H and O–H groups in total. The van der Waals surface area contributed by atoms with Crippen LogP contribution in [0.5, 0.6) is 5.75 Å². The van der Waals surface area contributed by atoms with Gasteiger partial charge in [-0.15, -0.1) is 0 Å². The first-order chi connectivity index (χ1) is 8.60. The van der Waals surface area contributed by atoms with Gasteiger partial charge in [0.2, 0.25) is 0 Å². The molecule has 1 aromatic carbocycles. The normalized spacial score (nSPS) is 11.9. The largest absolute Gasteiger partial charge is 0.491 e. The molecular weight excluding hydrogens is 230 g/mol. The molecule has 0 aliphatic heterocycles. The molecule has 0 heterocycles. The summed E-state index contributed by atoms with van der Waals surface area (Å²) in [5, 5.41) is 0. The highest BCUT2D eigenvalue weighted by Gasteiger charge is 2.14. The minimum atomic E-state index is -0.445. The van der Waals surface area contributed by atoms with Crippen LogP contribution >= 0.6 is 0 Å². The summed E-state index contributed by atoms with van der Waals surface area (Å²) in [5.74, 6) is 0.566. The van der Waals surface area contributed by atoms with Crippen LogP contribution in [-0.4, -0.2) is 19.7 Å². The topological polar surface area (TPSA) is 61.5 Å². The molecule has 1 unspecified atom stereocenters. The zero-order valence-corrected chi connectivity index (χ0v) is 11.2. The highest BCUT2D eigenvalue weighted by molar-refractivity contribution is 5.96. The van der Waals surface area contributed by atoms with Crippen LogP contribution in [0.3, 0.4) is 0 Å². The fourth-order valence-corrected chi connectivity index (χ4v) is 1.77. The van der Waals surface area contributed by atoms with Crippen molar-refractivity contribution in [1.29, 1.82) is 0 Å². The number of nitrogen functional groups attached to an aromatic ring is 1. The lowest BCUT2D eigenvalue weighted by Crippen LogP contribution is -2.11.